The Morgan fingerprint density at radius 1 is 1.24 bits per heavy atom. The van der Waals surface area contributed by atoms with Crippen molar-refractivity contribution in [3.8, 4) is 11.1 Å². The van der Waals surface area contributed by atoms with Gasteiger partial charge in [0.05, 0.1) is 12.9 Å². The van der Waals surface area contributed by atoms with Gasteiger partial charge >= 0.3 is 5.97 Å². The van der Waals surface area contributed by atoms with E-state index in [-0.39, 0.29) is 16.3 Å². The standard InChI is InChI=1S/C21H25NO5S2/c1-7-10-29(25,26)15(5)19(23)22-20-18(21(24)27-6)17(14(4)28-20)16-9-8-12(2)13(3)11-16/h7-9,11,15H,1,10H2,2-6H3,(H,22,23). The van der Waals surface area contributed by atoms with Crippen molar-refractivity contribution in [2.75, 3.05) is 18.2 Å². The molecule has 0 saturated carbocycles. The predicted octanol–water partition coefficient (Wildman–Crippen LogP) is 4.05. The number of thiophene rings is 1. The van der Waals surface area contributed by atoms with Gasteiger partial charge in [-0.3, -0.25) is 4.79 Å². The zero-order valence-electron chi connectivity index (χ0n) is 17.2. The van der Waals surface area contributed by atoms with Crippen LogP contribution in [0.25, 0.3) is 11.1 Å². The lowest BCUT2D eigenvalue weighted by molar-refractivity contribution is -0.115. The molecule has 0 radical (unpaired) electrons. The Labute approximate surface area is 175 Å². The van der Waals surface area contributed by atoms with Crippen LogP contribution in [0.3, 0.4) is 0 Å². The van der Waals surface area contributed by atoms with Crippen LogP contribution in [0.4, 0.5) is 5.00 Å². The Bertz CT molecular complexity index is 1070. The number of hydrogen-bond donors (Lipinski definition) is 1. The summed E-state index contributed by atoms with van der Waals surface area (Å²) in [4.78, 5) is 25.9. The number of carbonyl (C=O) groups excluding carboxylic acids is 2. The summed E-state index contributed by atoms with van der Waals surface area (Å²) in [5.41, 5.74) is 3.91. The maximum absolute atomic E-state index is 12.6. The molecule has 29 heavy (non-hydrogen) atoms. The highest BCUT2D eigenvalue weighted by atomic mass is 32.2. The van der Waals surface area contributed by atoms with Crippen molar-refractivity contribution in [2.24, 2.45) is 0 Å². The molecular weight excluding hydrogens is 410 g/mol. The summed E-state index contributed by atoms with van der Waals surface area (Å²) in [6.45, 7) is 10.5. The number of esters is 1. The molecule has 0 saturated heterocycles. The topological polar surface area (TPSA) is 89.5 Å². The third-order valence-corrected chi connectivity index (χ3v) is 7.78. The van der Waals surface area contributed by atoms with Crippen LogP contribution < -0.4 is 5.32 Å². The monoisotopic (exact) mass is 435 g/mol. The molecule has 0 spiro atoms. The zero-order chi connectivity index (χ0) is 21.9. The molecule has 8 heteroatoms. The number of carbonyl (C=O) groups is 2. The number of aryl methyl sites for hydroxylation is 3. The van der Waals surface area contributed by atoms with E-state index in [1.54, 1.807) is 0 Å². The van der Waals surface area contributed by atoms with Gasteiger partial charge in [0, 0.05) is 10.4 Å². The van der Waals surface area contributed by atoms with Gasteiger partial charge in [-0.25, -0.2) is 13.2 Å². The lowest BCUT2D eigenvalue weighted by Gasteiger charge is -2.13. The molecule has 0 aliphatic heterocycles. The summed E-state index contributed by atoms with van der Waals surface area (Å²) in [5.74, 6) is -1.60. The molecule has 2 aromatic rings. The predicted molar refractivity (Wildman–Crippen MR) is 117 cm³/mol. The van der Waals surface area contributed by atoms with Gasteiger partial charge in [-0.2, -0.15) is 0 Å². The first-order valence-electron chi connectivity index (χ1n) is 8.96. The fraction of sp³-hybridized carbons (Fsp3) is 0.333. The van der Waals surface area contributed by atoms with Crippen molar-refractivity contribution in [3.05, 3.63) is 52.4 Å². The molecule has 1 amide bonds. The lowest BCUT2D eigenvalue weighted by Crippen LogP contribution is -2.33. The first-order chi connectivity index (χ1) is 13.5. The van der Waals surface area contributed by atoms with Crippen LogP contribution in [0.1, 0.15) is 33.3 Å². The number of nitrogens with one attached hydrogen (secondary N) is 1. The van der Waals surface area contributed by atoms with Crippen LogP contribution in [0, 0.1) is 20.8 Å². The first-order valence-corrected chi connectivity index (χ1v) is 11.5. The Morgan fingerprint density at radius 2 is 1.90 bits per heavy atom. The molecule has 1 atom stereocenters. The van der Waals surface area contributed by atoms with E-state index in [1.807, 2.05) is 39.0 Å². The first kappa shape index (κ1) is 22.8. The highest BCUT2D eigenvalue weighted by molar-refractivity contribution is 7.92. The second kappa shape index (κ2) is 8.92. The number of ether oxygens (including phenoxy) is 1. The molecule has 1 unspecified atom stereocenters. The summed E-state index contributed by atoms with van der Waals surface area (Å²) in [5, 5.41) is 1.60. The van der Waals surface area contributed by atoms with Crippen molar-refractivity contribution in [3.63, 3.8) is 0 Å². The van der Waals surface area contributed by atoms with Crippen molar-refractivity contribution in [2.45, 2.75) is 32.9 Å². The minimum absolute atomic E-state index is 0.222. The van der Waals surface area contributed by atoms with Gasteiger partial charge in [-0.05, 0) is 44.4 Å². The fourth-order valence-electron chi connectivity index (χ4n) is 2.86. The van der Waals surface area contributed by atoms with Crippen LogP contribution in [0.2, 0.25) is 0 Å². The number of hydrogen-bond acceptors (Lipinski definition) is 6. The number of benzene rings is 1. The number of sulfone groups is 1. The molecule has 1 aromatic carbocycles. The van der Waals surface area contributed by atoms with E-state index in [0.717, 1.165) is 21.6 Å². The number of methoxy groups -OCH3 is 1. The summed E-state index contributed by atoms with van der Waals surface area (Å²) >= 11 is 1.21. The van der Waals surface area contributed by atoms with E-state index in [0.29, 0.717) is 5.56 Å². The van der Waals surface area contributed by atoms with Crippen molar-refractivity contribution >= 4 is 38.1 Å². The summed E-state index contributed by atoms with van der Waals surface area (Å²) < 4.78 is 29.3. The van der Waals surface area contributed by atoms with Crippen molar-refractivity contribution in [1.29, 1.82) is 0 Å². The van der Waals surface area contributed by atoms with Crippen molar-refractivity contribution < 1.29 is 22.7 Å². The van der Waals surface area contributed by atoms with E-state index in [4.69, 9.17) is 4.74 Å². The van der Waals surface area contributed by atoms with Crippen LogP contribution >= 0.6 is 11.3 Å². The van der Waals surface area contributed by atoms with Crippen LogP contribution in [-0.2, 0) is 19.4 Å². The third-order valence-electron chi connectivity index (χ3n) is 4.76. The van der Waals surface area contributed by atoms with Crippen molar-refractivity contribution in [1.82, 2.24) is 0 Å². The normalized spacial score (nSPS) is 12.3. The van der Waals surface area contributed by atoms with E-state index in [9.17, 15) is 18.0 Å². The van der Waals surface area contributed by atoms with Gasteiger partial charge < -0.3 is 10.1 Å². The Balaban J connectivity index is 2.53. The molecule has 0 aliphatic carbocycles. The number of amides is 1. The largest absolute Gasteiger partial charge is 0.465 e. The highest BCUT2D eigenvalue weighted by Crippen LogP contribution is 2.41. The summed E-state index contributed by atoms with van der Waals surface area (Å²) in [6, 6.07) is 5.84. The van der Waals surface area contributed by atoms with E-state index in [2.05, 4.69) is 11.9 Å². The molecule has 156 valence electrons. The quantitative estimate of drug-likeness (QED) is 0.523. The Kier molecular flexibility index (Phi) is 7.02. The highest BCUT2D eigenvalue weighted by Gasteiger charge is 2.30. The van der Waals surface area contributed by atoms with E-state index in [1.165, 1.54) is 31.4 Å². The molecular formula is C21H25NO5S2. The van der Waals surface area contributed by atoms with Gasteiger partial charge in [-0.1, -0.05) is 24.3 Å². The smallest absolute Gasteiger partial charge is 0.341 e. The molecule has 1 N–H and O–H groups in total. The van der Waals surface area contributed by atoms with E-state index >= 15 is 0 Å². The van der Waals surface area contributed by atoms with Gasteiger partial charge in [0.15, 0.2) is 9.84 Å². The van der Waals surface area contributed by atoms with Crippen LogP contribution in [0.5, 0.6) is 0 Å². The molecule has 6 nitrogen and oxygen atoms in total. The fourth-order valence-corrected chi connectivity index (χ4v) is 4.93. The average Bonchev–Trinajstić information content (AvgIpc) is 2.98. The molecule has 0 bridgehead atoms. The second-order valence-electron chi connectivity index (χ2n) is 6.78. The molecule has 1 heterocycles. The minimum Gasteiger partial charge on any atom is -0.465 e. The molecule has 1 aromatic heterocycles. The zero-order valence-corrected chi connectivity index (χ0v) is 18.8. The lowest BCUT2D eigenvalue weighted by atomic mass is 9.97. The Morgan fingerprint density at radius 3 is 2.45 bits per heavy atom. The van der Waals surface area contributed by atoms with Gasteiger partial charge in [-0.15, -0.1) is 17.9 Å². The SMILES string of the molecule is C=CCS(=O)(=O)C(C)C(=O)Nc1sc(C)c(-c2ccc(C)c(C)c2)c1C(=O)OC. The maximum atomic E-state index is 12.6. The number of anilines is 1. The molecule has 2 rings (SSSR count). The maximum Gasteiger partial charge on any atom is 0.341 e. The third kappa shape index (κ3) is 4.76. The Hall–Kier alpha value is -2.45. The minimum atomic E-state index is -3.68. The summed E-state index contributed by atoms with van der Waals surface area (Å²) in [6.07, 6.45) is 1.24. The second-order valence-corrected chi connectivity index (χ2v) is 10.4. The summed E-state index contributed by atoms with van der Waals surface area (Å²) in [7, 11) is -2.41. The van der Waals surface area contributed by atoms with Crippen LogP contribution in [0.15, 0.2) is 30.9 Å². The number of rotatable bonds is 7. The average molecular weight is 436 g/mol. The van der Waals surface area contributed by atoms with Gasteiger partial charge in [0.25, 0.3) is 0 Å². The molecule has 0 aliphatic rings. The van der Waals surface area contributed by atoms with Crippen LogP contribution in [-0.4, -0.2) is 38.4 Å². The van der Waals surface area contributed by atoms with Gasteiger partial charge in [0.1, 0.15) is 15.8 Å². The molecule has 0 fully saturated rings. The van der Waals surface area contributed by atoms with Gasteiger partial charge in [0.2, 0.25) is 5.91 Å². The van der Waals surface area contributed by atoms with E-state index < -0.39 is 27.0 Å².